The molecule has 0 aromatic rings. The van der Waals surface area contributed by atoms with Gasteiger partial charge in [0.2, 0.25) is 0 Å². The van der Waals surface area contributed by atoms with Gasteiger partial charge in [-0.2, -0.15) is 0 Å². The highest BCUT2D eigenvalue weighted by Crippen LogP contribution is 1.96. The van der Waals surface area contributed by atoms with Crippen molar-refractivity contribution in [2.75, 3.05) is 6.54 Å². The second-order valence-electron chi connectivity index (χ2n) is 1.96. The third-order valence-electron chi connectivity index (χ3n) is 0.562. The van der Waals surface area contributed by atoms with Crippen molar-refractivity contribution in [3.05, 3.63) is 15.5 Å². The van der Waals surface area contributed by atoms with Crippen LogP contribution in [0.25, 0.3) is 5.43 Å². The van der Waals surface area contributed by atoms with Crippen molar-refractivity contribution in [3.8, 4) is 0 Å². The molecule has 0 rings (SSSR count). The zero-order valence-corrected chi connectivity index (χ0v) is 5.00. The van der Waals surface area contributed by atoms with Crippen LogP contribution in [0.3, 0.4) is 0 Å². The number of nitrogens with zero attached hydrogens (tertiary/aromatic N) is 2. The molecule has 0 saturated heterocycles. The second kappa shape index (κ2) is 3.23. The molecule has 0 aromatic heterocycles. The standard InChI is InChI=1S/C4H9N2O2/c1-4(2)3-5-6(7)8/h4H,3H2,1-2H3/q-1. The molecule has 4 heteroatoms. The van der Waals surface area contributed by atoms with Crippen LogP contribution >= 0.6 is 0 Å². The van der Waals surface area contributed by atoms with E-state index in [4.69, 9.17) is 0 Å². The van der Waals surface area contributed by atoms with E-state index >= 15 is 0 Å². The van der Waals surface area contributed by atoms with Gasteiger partial charge in [0, 0.05) is 0 Å². The van der Waals surface area contributed by atoms with Crippen LogP contribution < -0.4 is 0 Å². The van der Waals surface area contributed by atoms with Crippen LogP contribution in [0.5, 0.6) is 0 Å². The van der Waals surface area contributed by atoms with E-state index in [1.165, 1.54) is 0 Å². The lowest BCUT2D eigenvalue weighted by molar-refractivity contribution is -0.427. The molecule has 0 aliphatic carbocycles. The summed E-state index contributed by atoms with van der Waals surface area (Å²) in [5, 5.41) is 8.89. The summed E-state index contributed by atoms with van der Waals surface area (Å²) >= 11 is 0. The van der Waals surface area contributed by atoms with Crippen molar-refractivity contribution in [3.63, 3.8) is 0 Å². The van der Waals surface area contributed by atoms with Gasteiger partial charge in [-0.05, 0) is 5.03 Å². The maximum atomic E-state index is 9.54. The number of rotatable bonds is 3. The van der Waals surface area contributed by atoms with Gasteiger partial charge in [0.15, 0.2) is 0 Å². The molecular formula is C4H9N2O2-. The minimum absolute atomic E-state index is 0.278. The Morgan fingerprint density at radius 3 is 2.38 bits per heavy atom. The fraction of sp³-hybridized carbons (Fsp3) is 1.00. The van der Waals surface area contributed by atoms with E-state index in [0.717, 1.165) is 0 Å². The van der Waals surface area contributed by atoms with Gasteiger partial charge in [0.05, 0.1) is 0 Å². The van der Waals surface area contributed by atoms with Gasteiger partial charge < -0.3 is 5.43 Å². The molecule has 0 N–H and O–H groups in total. The van der Waals surface area contributed by atoms with Crippen molar-refractivity contribution in [2.24, 2.45) is 5.92 Å². The maximum Gasteiger partial charge on any atom is -0.0127 e. The number of nitro groups is 1. The zero-order valence-electron chi connectivity index (χ0n) is 5.00. The van der Waals surface area contributed by atoms with Gasteiger partial charge in [0.1, 0.15) is 0 Å². The summed E-state index contributed by atoms with van der Waals surface area (Å²) in [6, 6.07) is 0. The van der Waals surface area contributed by atoms with E-state index in [2.05, 4.69) is 5.43 Å². The summed E-state index contributed by atoms with van der Waals surface area (Å²) in [6.45, 7) is 4.08. The van der Waals surface area contributed by atoms with Crippen LogP contribution in [0.2, 0.25) is 0 Å². The minimum Gasteiger partial charge on any atom is -0.379 e. The summed E-state index contributed by atoms with van der Waals surface area (Å²) in [5.74, 6) is 0.278. The maximum absolute atomic E-state index is 9.54. The van der Waals surface area contributed by atoms with Crippen molar-refractivity contribution >= 4 is 0 Å². The average molecular weight is 117 g/mol. The van der Waals surface area contributed by atoms with Gasteiger partial charge in [-0.25, -0.2) is 0 Å². The highest BCUT2D eigenvalue weighted by atomic mass is 16.7. The molecule has 0 bridgehead atoms. The van der Waals surface area contributed by atoms with E-state index in [1.54, 1.807) is 0 Å². The van der Waals surface area contributed by atoms with Gasteiger partial charge in [-0.3, -0.25) is 10.1 Å². The van der Waals surface area contributed by atoms with Crippen molar-refractivity contribution < 1.29 is 5.03 Å². The van der Waals surface area contributed by atoms with Crippen molar-refractivity contribution in [1.82, 2.24) is 0 Å². The summed E-state index contributed by atoms with van der Waals surface area (Å²) in [4.78, 5) is 9.54. The second-order valence-corrected chi connectivity index (χ2v) is 1.96. The van der Waals surface area contributed by atoms with E-state index < -0.39 is 5.03 Å². The zero-order chi connectivity index (χ0) is 6.57. The lowest BCUT2D eigenvalue weighted by Crippen LogP contribution is -1.99. The van der Waals surface area contributed by atoms with Gasteiger partial charge in [-0.15, -0.1) is 0 Å². The first-order valence-electron chi connectivity index (χ1n) is 2.44. The van der Waals surface area contributed by atoms with E-state index in [-0.39, 0.29) is 5.92 Å². The molecule has 0 aliphatic heterocycles. The highest BCUT2D eigenvalue weighted by Gasteiger charge is 1.85. The predicted octanol–water partition coefficient (Wildman–Crippen LogP) is 1.21. The Labute approximate surface area is 48.0 Å². The fourth-order valence-corrected chi connectivity index (χ4v) is 0.230. The SMILES string of the molecule is CC(C)C[N-][N+](=O)[O-]. The Morgan fingerprint density at radius 2 is 2.25 bits per heavy atom. The van der Waals surface area contributed by atoms with Crippen molar-refractivity contribution in [2.45, 2.75) is 13.8 Å². The largest absolute Gasteiger partial charge is 0.379 e. The lowest BCUT2D eigenvalue weighted by Gasteiger charge is -2.10. The van der Waals surface area contributed by atoms with Crippen LogP contribution in [-0.2, 0) is 0 Å². The molecule has 0 heterocycles. The summed E-state index contributed by atoms with van der Waals surface area (Å²) in [5.41, 5.74) is 3.05. The smallest absolute Gasteiger partial charge is 0.0127 e. The molecule has 0 unspecified atom stereocenters. The highest BCUT2D eigenvalue weighted by molar-refractivity contribution is 4.62. The first kappa shape index (κ1) is 7.20. The molecule has 0 aromatic carbocycles. The number of hydrogen-bond acceptors (Lipinski definition) is 2. The fourth-order valence-electron chi connectivity index (χ4n) is 0.230. The predicted molar refractivity (Wildman–Crippen MR) is 30.1 cm³/mol. The van der Waals surface area contributed by atoms with Crippen LogP contribution in [-0.4, -0.2) is 11.6 Å². The summed E-state index contributed by atoms with van der Waals surface area (Å²) in [6.07, 6.45) is 0. The van der Waals surface area contributed by atoms with Crippen molar-refractivity contribution in [1.29, 1.82) is 0 Å². The molecule has 4 nitrogen and oxygen atoms in total. The quantitative estimate of drug-likeness (QED) is 0.412. The third-order valence-corrected chi connectivity index (χ3v) is 0.562. The Bertz CT molecular complexity index is 82.1. The number of hydrogen-bond donors (Lipinski definition) is 0. The van der Waals surface area contributed by atoms with Crippen LogP contribution in [0.4, 0.5) is 0 Å². The topological polar surface area (TPSA) is 57.2 Å². The summed E-state index contributed by atoms with van der Waals surface area (Å²) < 4.78 is 0. The van der Waals surface area contributed by atoms with E-state index in [0.29, 0.717) is 6.54 Å². The molecule has 0 spiro atoms. The normalized spacial score (nSPS) is 9.38. The first-order chi connectivity index (χ1) is 3.63. The lowest BCUT2D eigenvalue weighted by atomic mass is 10.2. The van der Waals surface area contributed by atoms with Gasteiger partial charge in [-0.1, -0.05) is 26.3 Å². The van der Waals surface area contributed by atoms with Gasteiger partial charge >= 0.3 is 0 Å². The van der Waals surface area contributed by atoms with Crippen LogP contribution in [0.1, 0.15) is 13.8 Å². The van der Waals surface area contributed by atoms with E-state index in [1.807, 2.05) is 13.8 Å². The van der Waals surface area contributed by atoms with E-state index in [9.17, 15) is 10.1 Å². The van der Waals surface area contributed by atoms with Gasteiger partial charge in [0.25, 0.3) is 0 Å². The Morgan fingerprint density at radius 1 is 1.75 bits per heavy atom. The average Bonchev–Trinajstić information content (AvgIpc) is 1.61. The molecule has 0 radical (unpaired) electrons. The molecule has 0 fully saturated rings. The Balaban J connectivity index is 3.05. The molecule has 8 heavy (non-hydrogen) atoms. The molecule has 0 atom stereocenters. The van der Waals surface area contributed by atoms with Crippen LogP contribution in [0.15, 0.2) is 0 Å². The third kappa shape index (κ3) is 5.20. The summed E-state index contributed by atoms with van der Waals surface area (Å²) in [7, 11) is 0. The Kier molecular flexibility index (Phi) is 2.91. The molecule has 0 amide bonds. The monoisotopic (exact) mass is 117 g/mol. The molecule has 0 aliphatic rings. The minimum atomic E-state index is -0.653. The van der Waals surface area contributed by atoms with Crippen LogP contribution in [0, 0.1) is 16.0 Å². The Hall–Kier alpha value is -0.800. The molecule has 0 saturated carbocycles. The molecular weight excluding hydrogens is 108 g/mol. The molecule has 48 valence electrons. The first-order valence-corrected chi connectivity index (χ1v) is 2.44.